The van der Waals surface area contributed by atoms with E-state index in [9.17, 15) is 0 Å². The Labute approximate surface area is 72.4 Å². The maximum absolute atomic E-state index is 8.97. The van der Waals surface area contributed by atoms with Crippen molar-refractivity contribution in [1.82, 2.24) is 5.16 Å². The summed E-state index contributed by atoms with van der Waals surface area (Å²) in [6, 6.07) is 0. The summed E-state index contributed by atoms with van der Waals surface area (Å²) in [6.45, 7) is 8.04. The first kappa shape index (κ1) is 9.26. The monoisotopic (exact) mass is 169 g/mol. The molecule has 0 aliphatic rings. The van der Waals surface area contributed by atoms with Gasteiger partial charge in [0.25, 0.3) is 0 Å². The molecule has 3 heteroatoms. The molecule has 1 aromatic heterocycles. The van der Waals surface area contributed by atoms with Gasteiger partial charge in [0.05, 0.1) is 6.61 Å². The molecule has 0 saturated heterocycles. The van der Waals surface area contributed by atoms with E-state index in [2.05, 4.69) is 25.9 Å². The molecule has 68 valence electrons. The zero-order chi connectivity index (χ0) is 9.35. The number of aryl methyl sites for hydroxylation is 1. The van der Waals surface area contributed by atoms with E-state index in [1.165, 1.54) is 0 Å². The average molecular weight is 169 g/mol. The second kappa shape index (κ2) is 2.90. The minimum atomic E-state index is -0.0516. The van der Waals surface area contributed by atoms with Crippen molar-refractivity contribution in [2.24, 2.45) is 0 Å². The first-order chi connectivity index (χ1) is 5.46. The first-order valence-electron chi connectivity index (χ1n) is 4.03. The maximum Gasteiger partial charge on any atom is 0.137 e. The SMILES string of the molecule is Cc1onc(CO)c1C(C)(C)C. The molecular formula is C9H15NO2. The number of hydrogen-bond acceptors (Lipinski definition) is 3. The van der Waals surface area contributed by atoms with Gasteiger partial charge in [-0.15, -0.1) is 0 Å². The van der Waals surface area contributed by atoms with Crippen LogP contribution in [-0.2, 0) is 12.0 Å². The summed E-state index contributed by atoms with van der Waals surface area (Å²) in [5.74, 6) is 0.798. The molecule has 1 aromatic rings. The molecule has 0 aliphatic carbocycles. The van der Waals surface area contributed by atoms with Gasteiger partial charge >= 0.3 is 0 Å². The van der Waals surface area contributed by atoms with E-state index in [-0.39, 0.29) is 12.0 Å². The van der Waals surface area contributed by atoms with E-state index < -0.39 is 0 Å². The summed E-state index contributed by atoms with van der Waals surface area (Å²) in [5, 5.41) is 12.7. The number of aliphatic hydroxyl groups excluding tert-OH is 1. The molecule has 1 rings (SSSR count). The fraction of sp³-hybridized carbons (Fsp3) is 0.667. The molecular weight excluding hydrogens is 154 g/mol. The third kappa shape index (κ3) is 1.50. The molecule has 0 amide bonds. The van der Waals surface area contributed by atoms with E-state index in [1.807, 2.05) is 6.92 Å². The number of aromatic nitrogens is 1. The van der Waals surface area contributed by atoms with E-state index in [1.54, 1.807) is 0 Å². The van der Waals surface area contributed by atoms with Gasteiger partial charge in [-0.05, 0) is 12.3 Å². The molecule has 0 saturated carbocycles. The molecule has 3 nitrogen and oxygen atoms in total. The average Bonchev–Trinajstić information content (AvgIpc) is 2.29. The minimum Gasteiger partial charge on any atom is -0.390 e. The van der Waals surface area contributed by atoms with Crippen LogP contribution in [0.3, 0.4) is 0 Å². The van der Waals surface area contributed by atoms with Crippen LogP contribution in [-0.4, -0.2) is 10.3 Å². The Bertz CT molecular complexity index is 271. The molecule has 0 bridgehead atoms. The topological polar surface area (TPSA) is 46.3 Å². The first-order valence-corrected chi connectivity index (χ1v) is 4.03. The number of hydrogen-bond donors (Lipinski definition) is 1. The smallest absolute Gasteiger partial charge is 0.137 e. The quantitative estimate of drug-likeness (QED) is 0.697. The Morgan fingerprint density at radius 3 is 2.33 bits per heavy atom. The van der Waals surface area contributed by atoms with Crippen molar-refractivity contribution in [3.8, 4) is 0 Å². The fourth-order valence-electron chi connectivity index (χ4n) is 1.49. The highest BCUT2D eigenvalue weighted by molar-refractivity contribution is 5.28. The highest BCUT2D eigenvalue weighted by atomic mass is 16.5. The third-order valence-electron chi connectivity index (χ3n) is 1.83. The lowest BCUT2D eigenvalue weighted by molar-refractivity contribution is 0.264. The molecule has 0 radical (unpaired) electrons. The van der Waals surface area contributed by atoms with E-state index in [0.29, 0.717) is 5.69 Å². The zero-order valence-corrected chi connectivity index (χ0v) is 8.01. The molecule has 0 unspecified atom stereocenters. The summed E-state index contributed by atoms with van der Waals surface area (Å²) >= 11 is 0. The van der Waals surface area contributed by atoms with Crippen LogP contribution in [0.15, 0.2) is 4.52 Å². The lowest BCUT2D eigenvalue weighted by Crippen LogP contribution is -2.14. The van der Waals surface area contributed by atoms with Crippen molar-refractivity contribution in [3.05, 3.63) is 17.0 Å². The molecule has 0 spiro atoms. The van der Waals surface area contributed by atoms with Crippen LogP contribution in [0.1, 0.15) is 37.8 Å². The molecule has 0 fully saturated rings. The van der Waals surface area contributed by atoms with Gasteiger partial charge in [-0.1, -0.05) is 25.9 Å². The predicted molar refractivity (Wildman–Crippen MR) is 45.9 cm³/mol. The lowest BCUT2D eigenvalue weighted by atomic mass is 9.85. The van der Waals surface area contributed by atoms with Crippen LogP contribution >= 0.6 is 0 Å². The van der Waals surface area contributed by atoms with Crippen LogP contribution in [0.4, 0.5) is 0 Å². The van der Waals surface area contributed by atoms with Gasteiger partial charge in [0, 0.05) is 5.56 Å². The van der Waals surface area contributed by atoms with Gasteiger partial charge < -0.3 is 9.63 Å². The molecule has 0 atom stereocenters. The number of nitrogens with zero attached hydrogens (tertiary/aromatic N) is 1. The summed E-state index contributed by atoms with van der Waals surface area (Å²) in [7, 11) is 0. The summed E-state index contributed by atoms with van der Waals surface area (Å²) in [4.78, 5) is 0. The van der Waals surface area contributed by atoms with E-state index in [4.69, 9.17) is 9.63 Å². The van der Waals surface area contributed by atoms with Crippen molar-refractivity contribution >= 4 is 0 Å². The fourth-order valence-corrected chi connectivity index (χ4v) is 1.49. The van der Waals surface area contributed by atoms with Crippen LogP contribution in [0.2, 0.25) is 0 Å². The van der Waals surface area contributed by atoms with Crippen molar-refractivity contribution in [1.29, 1.82) is 0 Å². The Kier molecular flexibility index (Phi) is 2.24. The largest absolute Gasteiger partial charge is 0.390 e. The predicted octanol–water partition coefficient (Wildman–Crippen LogP) is 1.77. The van der Waals surface area contributed by atoms with Crippen molar-refractivity contribution in [3.63, 3.8) is 0 Å². The summed E-state index contributed by atoms with van der Waals surface area (Å²) < 4.78 is 5.00. The van der Waals surface area contributed by atoms with E-state index >= 15 is 0 Å². The van der Waals surface area contributed by atoms with Gasteiger partial charge in [-0.25, -0.2) is 0 Å². The Morgan fingerprint density at radius 1 is 1.42 bits per heavy atom. The van der Waals surface area contributed by atoms with Gasteiger partial charge in [-0.2, -0.15) is 0 Å². The highest BCUT2D eigenvalue weighted by Crippen LogP contribution is 2.28. The standard InChI is InChI=1S/C9H15NO2/c1-6-8(9(2,3)4)7(5-11)10-12-6/h11H,5H2,1-4H3. The van der Waals surface area contributed by atoms with Crippen LogP contribution < -0.4 is 0 Å². The van der Waals surface area contributed by atoms with Crippen molar-refractivity contribution < 1.29 is 9.63 Å². The summed E-state index contributed by atoms with van der Waals surface area (Å²) in [6.07, 6.45) is 0. The zero-order valence-electron chi connectivity index (χ0n) is 8.01. The summed E-state index contributed by atoms with van der Waals surface area (Å²) in [5.41, 5.74) is 1.66. The van der Waals surface area contributed by atoms with Crippen molar-refractivity contribution in [2.45, 2.75) is 39.7 Å². The minimum absolute atomic E-state index is 0.0118. The number of rotatable bonds is 1. The Hall–Kier alpha value is -0.830. The lowest BCUT2D eigenvalue weighted by Gasteiger charge is -2.17. The van der Waals surface area contributed by atoms with E-state index in [0.717, 1.165) is 11.3 Å². The molecule has 1 N–H and O–H groups in total. The van der Waals surface area contributed by atoms with Gasteiger partial charge in [-0.3, -0.25) is 0 Å². The second-order valence-corrected chi connectivity index (χ2v) is 3.97. The van der Waals surface area contributed by atoms with Crippen LogP contribution in [0.5, 0.6) is 0 Å². The highest BCUT2D eigenvalue weighted by Gasteiger charge is 2.24. The molecule has 12 heavy (non-hydrogen) atoms. The maximum atomic E-state index is 8.97. The normalized spacial score (nSPS) is 12.1. The Morgan fingerprint density at radius 2 is 2.00 bits per heavy atom. The van der Waals surface area contributed by atoms with Gasteiger partial charge in [0.2, 0.25) is 0 Å². The van der Waals surface area contributed by atoms with Gasteiger partial charge in [0.15, 0.2) is 0 Å². The molecule has 1 heterocycles. The van der Waals surface area contributed by atoms with Crippen LogP contribution in [0, 0.1) is 6.92 Å². The Balaban J connectivity index is 3.19. The third-order valence-corrected chi connectivity index (χ3v) is 1.83. The molecule has 0 aromatic carbocycles. The van der Waals surface area contributed by atoms with Crippen LogP contribution in [0.25, 0.3) is 0 Å². The van der Waals surface area contributed by atoms with Crippen molar-refractivity contribution in [2.75, 3.05) is 0 Å². The second-order valence-electron chi connectivity index (χ2n) is 3.97. The molecule has 0 aliphatic heterocycles. The van der Waals surface area contributed by atoms with Gasteiger partial charge in [0.1, 0.15) is 11.5 Å². The number of aliphatic hydroxyl groups is 1.